The fourth-order valence-corrected chi connectivity index (χ4v) is 2.24. The molecule has 0 aromatic carbocycles. The second-order valence-electron chi connectivity index (χ2n) is 5.03. The first-order valence-electron chi connectivity index (χ1n) is 6.61. The Morgan fingerprint density at radius 2 is 1.94 bits per heavy atom. The monoisotopic (exact) mass is 251 g/mol. The van der Waals surface area contributed by atoms with Crippen LogP contribution >= 0.6 is 0 Å². The lowest BCUT2D eigenvalue weighted by molar-refractivity contribution is 0.129. The zero-order chi connectivity index (χ0) is 13.1. The normalized spacial score (nSPS) is 19.6. The van der Waals surface area contributed by atoms with E-state index in [1.54, 1.807) is 26.1 Å². The van der Waals surface area contributed by atoms with E-state index in [0.717, 1.165) is 18.8 Å². The SMILES string of the molecule is CC(O)C(C)n1ncc(N2CCCCC2)cc1=O. The van der Waals surface area contributed by atoms with Crippen LogP contribution in [-0.4, -0.2) is 34.1 Å². The fourth-order valence-electron chi connectivity index (χ4n) is 2.24. The molecule has 1 N–H and O–H groups in total. The highest BCUT2D eigenvalue weighted by atomic mass is 16.3. The first-order valence-corrected chi connectivity index (χ1v) is 6.61. The zero-order valence-corrected chi connectivity index (χ0v) is 11.0. The van der Waals surface area contributed by atoms with Crippen LogP contribution in [0.1, 0.15) is 39.2 Å². The maximum atomic E-state index is 12.0. The minimum Gasteiger partial charge on any atom is -0.391 e. The lowest BCUT2D eigenvalue weighted by Crippen LogP contribution is -2.34. The molecule has 18 heavy (non-hydrogen) atoms. The standard InChI is InChI=1S/C13H21N3O2/c1-10(11(2)17)16-13(18)8-12(9-14-16)15-6-4-3-5-7-15/h8-11,17H,3-7H2,1-2H3. The van der Waals surface area contributed by atoms with Crippen molar-refractivity contribution in [2.45, 2.75) is 45.3 Å². The van der Waals surface area contributed by atoms with Gasteiger partial charge in [-0.2, -0.15) is 5.10 Å². The summed E-state index contributed by atoms with van der Waals surface area (Å²) in [5, 5.41) is 13.7. The Morgan fingerprint density at radius 3 is 2.50 bits per heavy atom. The van der Waals surface area contributed by atoms with Gasteiger partial charge in [0.1, 0.15) is 0 Å². The number of aliphatic hydroxyl groups excluding tert-OH is 1. The number of aliphatic hydroxyl groups is 1. The molecule has 0 aliphatic carbocycles. The van der Waals surface area contributed by atoms with Gasteiger partial charge in [-0.3, -0.25) is 4.79 Å². The summed E-state index contributed by atoms with van der Waals surface area (Å²) in [5.41, 5.74) is 0.750. The van der Waals surface area contributed by atoms with E-state index in [9.17, 15) is 9.90 Å². The Hall–Kier alpha value is -1.36. The summed E-state index contributed by atoms with van der Waals surface area (Å²) >= 11 is 0. The van der Waals surface area contributed by atoms with Gasteiger partial charge in [0.2, 0.25) is 0 Å². The molecule has 100 valence electrons. The molecule has 1 fully saturated rings. The van der Waals surface area contributed by atoms with E-state index < -0.39 is 6.10 Å². The molecule has 2 atom stereocenters. The lowest BCUT2D eigenvalue weighted by Gasteiger charge is -2.28. The Labute approximate surface area is 107 Å². The van der Waals surface area contributed by atoms with Gasteiger partial charge in [-0.15, -0.1) is 0 Å². The number of aromatic nitrogens is 2. The van der Waals surface area contributed by atoms with Gasteiger partial charge >= 0.3 is 0 Å². The number of hydrogen-bond donors (Lipinski definition) is 1. The van der Waals surface area contributed by atoms with E-state index in [1.807, 2.05) is 0 Å². The van der Waals surface area contributed by atoms with Crippen molar-refractivity contribution in [3.63, 3.8) is 0 Å². The third-order valence-electron chi connectivity index (χ3n) is 3.62. The summed E-state index contributed by atoms with van der Waals surface area (Å²) < 4.78 is 1.35. The van der Waals surface area contributed by atoms with Crippen LogP contribution in [0.25, 0.3) is 0 Å². The van der Waals surface area contributed by atoms with Crippen molar-refractivity contribution in [3.8, 4) is 0 Å². The largest absolute Gasteiger partial charge is 0.391 e. The van der Waals surface area contributed by atoms with Crippen molar-refractivity contribution in [1.29, 1.82) is 0 Å². The molecule has 0 amide bonds. The summed E-state index contributed by atoms with van der Waals surface area (Å²) in [6.45, 7) is 5.45. The summed E-state index contributed by atoms with van der Waals surface area (Å²) in [6, 6.07) is 1.32. The Kier molecular flexibility index (Phi) is 4.01. The van der Waals surface area contributed by atoms with Crippen LogP contribution in [-0.2, 0) is 0 Å². The van der Waals surface area contributed by atoms with E-state index in [1.165, 1.54) is 23.9 Å². The van der Waals surface area contributed by atoms with Gasteiger partial charge in [0.15, 0.2) is 0 Å². The topological polar surface area (TPSA) is 58.4 Å². The molecule has 2 rings (SSSR count). The van der Waals surface area contributed by atoms with Crippen LogP contribution in [0.3, 0.4) is 0 Å². The van der Waals surface area contributed by atoms with Crippen LogP contribution < -0.4 is 10.5 Å². The Balaban J connectivity index is 2.21. The highest BCUT2D eigenvalue weighted by molar-refractivity contribution is 5.43. The quantitative estimate of drug-likeness (QED) is 0.876. The van der Waals surface area contributed by atoms with E-state index in [0.29, 0.717) is 0 Å². The highest BCUT2D eigenvalue weighted by Gasteiger charge is 2.16. The molecular weight excluding hydrogens is 230 g/mol. The summed E-state index contributed by atoms with van der Waals surface area (Å²) in [4.78, 5) is 14.2. The van der Waals surface area contributed by atoms with Crippen molar-refractivity contribution in [2.24, 2.45) is 0 Å². The Bertz CT molecular complexity index is 450. The third-order valence-corrected chi connectivity index (χ3v) is 3.62. The number of rotatable bonds is 3. The third kappa shape index (κ3) is 2.72. The van der Waals surface area contributed by atoms with E-state index >= 15 is 0 Å². The predicted octanol–water partition coefficient (Wildman–Crippen LogP) is 1.18. The zero-order valence-electron chi connectivity index (χ0n) is 11.0. The van der Waals surface area contributed by atoms with Crippen LogP contribution in [0.2, 0.25) is 0 Å². The molecule has 1 aliphatic rings. The predicted molar refractivity (Wildman–Crippen MR) is 71.0 cm³/mol. The number of hydrogen-bond acceptors (Lipinski definition) is 4. The van der Waals surface area contributed by atoms with Crippen molar-refractivity contribution < 1.29 is 5.11 Å². The molecule has 0 bridgehead atoms. The molecular formula is C13H21N3O2. The molecule has 5 nitrogen and oxygen atoms in total. The average Bonchev–Trinajstić information content (AvgIpc) is 2.38. The van der Waals surface area contributed by atoms with E-state index in [2.05, 4.69) is 10.00 Å². The molecule has 1 aliphatic heterocycles. The first kappa shape index (κ1) is 13.1. The van der Waals surface area contributed by atoms with Gasteiger partial charge in [-0.05, 0) is 33.1 Å². The maximum Gasteiger partial charge on any atom is 0.269 e. The van der Waals surface area contributed by atoms with Crippen LogP contribution in [0.15, 0.2) is 17.1 Å². The smallest absolute Gasteiger partial charge is 0.269 e. The van der Waals surface area contributed by atoms with Crippen LogP contribution in [0.5, 0.6) is 0 Å². The number of anilines is 1. The highest BCUT2D eigenvalue weighted by Crippen LogP contribution is 2.17. The minimum absolute atomic E-state index is 0.147. The van der Waals surface area contributed by atoms with Crippen LogP contribution in [0.4, 0.5) is 5.69 Å². The minimum atomic E-state index is -0.587. The first-order chi connectivity index (χ1) is 8.59. The average molecular weight is 251 g/mol. The molecule has 2 heterocycles. The summed E-state index contributed by atoms with van der Waals surface area (Å²) in [5.74, 6) is 0. The van der Waals surface area contributed by atoms with E-state index in [4.69, 9.17) is 0 Å². The van der Waals surface area contributed by atoms with Crippen molar-refractivity contribution in [2.75, 3.05) is 18.0 Å². The lowest BCUT2D eigenvalue weighted by atomic mass is 10.1. The summed E-state index contributed by atoms with van der Waals surface area (Å²) in [7, 11) is 0. The van der Waals surface area contributed by atoms with Gasteiger partial charge in [0.25, 0.3) is 5.56 Å². The van der Waals surface area contributed by atoms with Gasteiger partial charge in [0, 0.05) is 19.2 Å². The fraction of sp³-hybridized carbons (Fsp3) is 0.692. The molecule has 2 unspecified atom stereocenters. The summed E-state index contributed by atoms with van der Waals surface area (Å²) in [6.07, 6.45) is 4.75. The number of piperidine rings is 1. The number of nitrogens with zero attached hydrogens (tertiary/aromatic N) is 3. The second kappa shape index (κ2) is 5.52. The molecule has 1 aromatic heterocycles. The van der Waals surface area contributed by atoms with Gasteiger partial charge in [0.05, 0.1) is 24.0 Å². The molecule has 5 heteroatoms. The Morgan fingerprint density at radius 1 is 1.28 bits per heavy atom. The molecule has 0 radical (unpaired) electrons. The molecule has 1 aromatic rings. The van der Waals surface area contributed by atoms with Crippen LogP contribution in [0, 0.1) is 0 Å². The second-order valence-corrected chi connectivity index (χ2v) is 5.03. The van der Waals surface area contributed by atoms with Gasteiger partial charge in [-0.1, -0.05) is 0 Å². The van der Waals surface area contributed by atoms with Crippen molar-refractivity contribution >= 4 is 5.69 Å². The molecule has 1 saturated heterocycles. The molecule has 0 spiro atoms. The van der Waals surface area contributed by atoms with Crippen molar-refractivity contribution in [1.82, 2.24) is 9.78 Å². The van der Waals surface area contributed by atoms with Gasteiger partial charge < -0.3 is 10.0 Å². The van der Waals surface area contributed by atoms with Gasteiger partial charge in [-0.25, -0.2) is 4.68 Å². The van der Waals surface area contributed by atoms with E-state index in [-0.39, 0.29) is 11.6 Å². The van der Waals surface area contributed by atoms with Crippen molar-refractivity contribution in [3.05, 3.63) is 22.6 Å². The maximum absolute atomic E-state index is 12.0. The molecule has 0 saturated carbocycles.